The molecule has 2 rings (SSSR count). The van der Waals surface area contributed by atoms with Crippen molar-refractivity contribution in [3.05, 3.63) is 33.3 Å². The van der Waals surface area contributed by atoms with Crippen LogP contribution in [0.4, 0.5) is 0 Å². The molecule has 1 heterocycles. The summed E-state index contributed by atoms with van der Waals surface area (Å²) < 4.78 is 0. The molecule has 2 unspecified atom stereocenters. The van der Waals surface area contributed by atoms with Crippen LogP contribution in [0.25, 0.3) is 0 Å². The minimum Gasteiger partial charge on any atom is -0.309 e. The average molecular weight is 276 g/mol. The summed E-state index contributed by atoms with van der Waals surface area (Å²) in [6, 6.07) is 4.10. The van der Waals surface area contributed by atoms with Crippen LogP contribution in [0.1, 0.15) is 31.0 Å². The normalized spacial score (nSPS) is 24.2. The molecule has 1 aliphatic rings. The third-order valence-electron chi connectivity index (χ3n) is 2.94. The predicted octanol–water partition coefficient (Wildman–Crippen LogP) is 4.28. The third-order valence-corrected chi connectivity index (χ3v) is 4.88. The van der Waals surface area contributed by atoms with Gasteiger partial charge < -0.3 is 5.32 Å². The molecule has 0 aliphatic carbocycles. The molecule has 0 saturated carbocycles. The molecule has 1 aliphatic heterocycles. The molecule has 0 saturated heterocycles. The number of rotatable bonds is 2. The van der Waals surface area contributed by atoms with E-state index in [-0.39, 0.29) is 0 Å². The summed E-state index contributed by atoms with van der Waals surface area (Å²) in [5.74, 6) is 0.956. The Bertz CT molecular complexity index is 395. The lowest BCUT2D eigenvalue weighted by Crippen LogP contribution is -2.32. The maximum atomic E-state index is 6.30. The molecule has 16 heavy (non-hydrogen) atoms. The first-order valence-electron chi connectivity index (χ1n) is 5.47. The van der Waals surface area contributed by atoms with Crippen LogP contribution >= 0.6 is 35.0 Å². The van der Waals surface area contributed by atoms with Gasteiger partial charge in [0.1, 0.15) is 0 Å². The molecule has 1 N–H and O–H groups in total. The number of hydrogen-bond acceptors (Lipinski definition) is 2. The van der Waals surface area contributed by atoms with Gasteiger partial charge in [0.05, 0.1) is 0 Å². The lowest BCUT2D eigenvalue weighted by molar-refractivity contribution is 0.540. The molecule has 0 bridgehead atoms. The Morgan fingerprint density at radius 1 is 1.38 bits per heavy atom. The summed E-state index contributed by atoms with van der Waals surface area (Å²) in [6.45, 7) is 5.29. The second-order valence-corrected chi connectivity index (χ2v) is 6.15. The molecule has 88 valence electrons. The van der Waals surface area contributed by atoms with E-state index in [9.17, 15) is 0 Å². The fraction of sp³-hybridized carbons (Fsp3) is 0.500. The van der Waals surface area contributed by atoms with Crippen LogP contribution in [-0.4, -0.2) is 11.8 Å². The van der Waals surface area contributed by atoms with E-state index in [0.717, 1.165) is 22.3 Å². The quantitative estimate of drug-likeness (QED) is 0.865. The Balaban J connectivity index is 2.49. The predicted molar refractivity (Wildman–Crippen MR) is 73.6 cm³/mol. The van der Waals surface area contributed by atoms with Crippen molar-refractivity contribution in [3.8, 4) is 0 Å². The minimum atomic E-state index is 0.310. The number of hydrogen-bond donors (Lipinski definition) is 1. The maximum Gasteiger partial charge on any atom is 0.0458 e. The van der Waals surface area contributed by atoms with Crippen molar-refractivity contribution in [1.82, 2.24) is 5.32 Å². The largest absolute Gasteiger partial charge is 0.309 e. The molecule has 0 radical (unpaired) electrons. The standard InChI is InChI=1S/C12H15Cl2NS/c1-3-15-12-7(2)16-6-8-9(13)4-5-10(14)11(8)12/h4-5,7,12,15H,3,6H2,1-2H3. The van der Waals surface area contributed by atoms with Crippen molar-refractivity contribution in [1.29, 1.82) is 0 Å². The Labute approximate surface area is 111 Å². The van der Waals surface area contributed by atoms with Crippen LogP contribution < -0.4 is 5.32 Å². The number of benzene rings is 1. The summed E-state index contributed by atoms with van der Waals surface area (Å²) in [5, 5.41) is 5.69. The molecule has 1 aromatic rings. The van der Waals surface area contributed by atoms with Crippen molar-refractivity contribution in [2.24, 2.45) is 0 Å². The topological polar surface area (TPSA) is 12.0 Å². The first-order chi connectivity index (χ1) is 7.65. The van der Waals surface area contributed by atoms with Crippen LogP contribution in [0.15, 0.2) is 12.1 Å². The molecule has 0 fully saturated rings. The van der Waals surface area contributed by atoms with Gasteiger partial charge in [-0.25, -0.2) is 0 Å². The first-order valence-corrected chi connectivity index (χ1v) is 7.27. The third kappa shape index (κ3) is 2.21. The highest BCUT2D eigenvalue weighted by Crippen LogP contribution is 2.43. The minimum absolute atomic E-state index is 0.310. The molecule has 1 aromatic carbocycles. The van der Waals surface area contributed by atoms with Gasteiger partial charge in [0.2, 0.25) is 0 Å². The van der Waals surface area contributed by atoms with E-state index in [0.29, 0.717) is 11.3 Å². The number of fused-ring (bicyclic) bond motifs is 1. The van der Waals surface area contributed by atoms with E-state index in [1.165, 1.54) is 11.1 Å². The van der Waals surface area contributed by atoms with E-state index in [4.69, 9.17) is 23.2 Å². The Hall–Kier alpha value is 0.110. The van der Waals surface area contributed by atoms with Crippen molar-refractivity contribution in [2.75, 3.05) is 6.54 Å². The average Bonchev–Trinajstić information content (AvgIpc) is 2.27. The van der Waals surface area contributed by atoms with Crippen LogP contribution in [0, 0.1) is 0 Å². The van der Waals surface area contributed by atoms with Gasteiger partial charge in [0, 0.05) is 27.1 Å². The fourth-order valence-corrected chi connectivity index (χ4v) is 3.90. The van der Waals surface area contributed by atoms with Crippen molar-refractivity contribution in [3.63, 3.8) is 0 Å². The molecule has 1 nitrogen and oxygen atoms in total. The number of thioether (sulfide) groups is 1. The van der Waals surface area contributed by atoms with Crippen LogP contribution in [0.3, 0.4) is 0 Å². The number of halogens is 2. The van der Waals surface area contributed by atoms with Gasteiger partial charge in [-0.1, -0.05) is 37.0 Å². The van der Waals surface area contributed by atoms with Crippen molar-refractivity contribution >= 4 is 35.0 Å². The van der Waals surface area contributed by atoms with Crippen LogP contribution in [0.2, 0.25) is 10.0 Å². The molecule has 0 spiro atoms. The van der Waals surface area contributed by atoms with Gasteiger partial charge in [-0.05, 0) is 29.8 Å². The van der Waals surface area contributed by atoms with Gasteiger partial charge in [0.15, 0.2) is 0 Å². The second-order valence-electron chi connectivity index (χ2n) is 3.97. The Morgan fingerprint density at radius 2 is 2.06 bits per heavy atom. The summed E-state index contributed by atoms with van der Waals surface area (Å²) >= 11 is 14.5. The summed E-state index contributed by atoms with van der Waals surface area (Å²) in [5.41, 5.74) is 2.39. The molecule has 2 atom stereocenters. The second kappa shape index (κ2) is 5.18. The summed E-state index contributed by atoms with van der Waals surface area (Å²) in [7, 11) is 0. The summed E-state index contributed by atoms with van der Waals surface area (Å²) in [6.07, 6.45) is 0. The van der Waals surface area contributed by atoms with Gasteiger partial charge in [-0.3, -0.25) is 0 Å². The Kier molecular flexibility index (Phi) is 4.06. The zero-order chi connectivity index (χ0) is 11.7. The summed E-state index contributed by atoms with van der Waals surface area (Å²) in [4.78, 5) is 0. The van der Waals surface area contributed by atoms with Crippen LogP contribution in [0.5, 0.6) is 0 Å². The molecular weight excluding hydrogens is 261 g/mol. The van der Waals surface area contributed by atoms with Crippen LogP contribution in [-0.2, 0) is 5.75 Å². The fourth-order valence-electron chi connectivity index (χ4n) is 2.13. The van der Waals surface area contributed by atoms with E-state index < -0.39 is 0 Å². The van der Waals surface area contributed by atoms with Gasteiger partial charge in [-0.2, -0.15) is 11.8 Å². The van der Waals surface area contributed by atoms with Gasteiger partial charge >= 0.3 is 0 Å². The highest BCUT2D eigenvalue weighted by Gasteiger charge is 2.29. The highest BCUT2D eigenvalue weighted by molar-refractivity contribution is 7.99. The molecular formula is C12H15Cl2NS. The molecule has 4 heteroatoms. The smallest absolute Gasteiger partial charge is 0.0458 e. The van der Waals surface area contributed by atoms with Crippen molar-refractivity contribution < 1.29 is 0 Å². The SMILES string of the molecule is CCNC1c2c(Cl)ccc(Cl)c2CSC1C. The van der Waals surface area contributed by atoms with Crippen molar-refractivity contribution in [2.45, 2.75) is 30.9 Å². The molecule has 0 aromatic heterocycles. The lowest BCUT2D eigenvalue weighted by Gasteiger charge is -2.32. The lowest BCUT2D eigenvalue weighted by atomic mass is 9.98. The monoisotopic (exact) mass is 275 g/mol. The van der Waals surface area contributed by atoms with Gasteiger partial charge in [0.25, 0.3) is 0 Å². The maximum absolute atomic E-state index is 6.30. The van der Waals surface area contributed by atoms with E-state index >= 15 is 0 Å². The van der Waals surface area contributed by atoms with E-state index in [2.05, 4.69) is 19.2 Å². The van der Waals surface area contributed by atoms with E-state index in [1.807, 2.05) is 23.9 Å². The number of nitrogens with one attached hydrogen (secondary N) is 1. The zero-order valence-corrected chi connectivity index (χ0v) is 11.7. The Morgan fingerprint density at radius 3 is 2.75 bits per heavy atom. The highest BCUT2D eigenvalue weighted by atomic mass is 35.5. The first kappa shape index (κ1) is 12.6. The van der Waals surface area contributed by atoms with E-state index in [1.54, 1.807) is 0 Å². The molecule has 0 amide bonds. The zero-order valence-electron chi connectivity index (χ0n) is 9.39. The van der Waals surface area contributed by atoms with Gasteiger partial charge in [-0.15, -0.1) is 0 Å².